The molecular weight excluding hydrogens is 236 g/mol. The lowest BCUT2D eigenvalue weighted by Gasteiger charge is -1.99. The van der Waals surface area contributed by atoms with E-state index < -0.39 is 4.92 Å². The zero-order valence-corrected chi connectivity index (χ0v) is 9.37. The maximum absolute atomic E-state index is 10.6. The molecule has 0 radical (unpaired) electrons. The number of benzene rings is 1. The van der Waals surface area contributed by atoms with Gasteiger partial charge >= 0.3 is 0 Å². The van der Waals surface area contributed by atoms with Crippen molar-refractivity contribution in [3.05, 3.63) is 34.1 Å². The van der Waals surface area contributed by atoms with Crippen LogP contribution in [0.2, 0.25) is 0 Å². The van der Waals surface area contributed by atoms with Crippen LogP contribution in [0.15, 0.2) is 22.7 Å². The third kappa shape index (κ3) is 1.79. The molecule has 1 saturated carbocycles. The number of hydrogen-bond donors (Lipinski definition) is 1. The van der Waals surface area contributed by atoms with E-state index in [4.69, 9.17) is 10.3 Å². The monoisotopic (exact) mass is 246 g/mol. The van der Waals surface area contributed by atoms with Gasteiger partial charge in [0.1, 0.15) is 0 Å². The summed E-state index contributed by atoms with van der Waals surface area (Å²) in [4.78, 5) is 14.4. The summed E-state index contributed by atoms with van der Waals surface area (Å²) in [6, 6.07) is 4.18. The smallest absolute Gasteiger partial charge is 0.271 e. The third-order valence-corrected chi connectivity index (χ3v) is 2.86. The van der Waals surface area contributed by atoms with E-state index in [1.807, 2.05) is 0 Å². The average Bonchev–Trinajstić information content (AvgIpc) is 3.08. The van der Waals surface area contributed by atoms with Crippen LogP contribution in [-0.2, 0) is 0 Å². The van der Waals surface area contributed by atoms with Gasteiger partial charge in [0.2, 0.25) is 0 Å². The molecule has 18 heavy (non-hydrogen) atoms. The van der Waals surface area contributed by atoms with Crippen molar-refractivity contribution in [1.29, 1.82) is 0 Å². The molecule has 7 heteroatoms. The number of nitro benzene ring substituents is 1. The molecule has 1 heterocycles. The van der Waals surface area contributed by atoms with Crippen molar-refractivity contribution in [2.24, 2.45) is 0 Å². The largest absolute Gasteiger partial charge is 0.398 e. The summed E-state index contributed by atoms with van der Waals surface area (Å²) in [5.74, 6) is 1.38. The van der Waals surface area contributed by atoms with Gasteiger partial charge in [-0.05, 0) is 18.9 Å². The highest BCUT2D eigenvalue weighted by atomic mass is 16.6. The molecule has 1 aliphatic rings. The van der Waals surface area contributed by atoms with Gasteiger partial charge in [-0.3, -0.25) is 10.1 Å². The Bertz CT molecular complexity index is 619. The molecule has 2 aromatic rings. The Morgan fingerprint density at radius 2 is 2.22 bits per heavy atom. The van der Waals surface area contributed by atoms with Crippen molar-refractivity contribution < 1.29 is 9.45 Å². The lowest BCUT2D eigenvalue weighted by molar-refractivity contribution is -0.384. The van der Waals surface area contributed by atoms with Gasteiger partial charge in [-0.2, -0.15) is 4.98 Å². The highest BCUT2D eigenvalue weighted by Crippen LogP contribution is 2.39. The molecule has 0 unspecified atom stereocenters. The Kier molecular flexibility index (Phi) is 2.26. The van der Waals surface area contributed by atoms with Gasteiger partial charge in [-0.1, -0.05) is 5.16 Å². The predicted molar refractivity (Wildman–Crippen MR) is 62.8 cm³/mol. The fourth-order valence-electron chi connectivity index (χ4n) is 1.71. The van der Waals surface area contributed by atoms with Gasteiger partial charge < -0.3 is 10.3 Å². The van der Waals surface area contributed by atoms with Gasteiger partial charge in [0.15, 0.2) is 5.82 Å². The number of anilines is 1. The van der Waals surface area contributed by atoms with Crippen molar-refractivity contribution in [2.45, 2.75) is 18.8 Å². The summed E-state index contributed by atoms with van der Waals surface area (Å²) >= 11 is 0. The standard InChI is InChI=1S/C11H10N4O3/c12-9-5-7(15(16)17)3-4-8(9)11-13-10(14-18-11)6-1-2-6/h3-6H,1-2,12H2. The average molecular weight is 246 g/mol. The first-order chi connectivity index (χ1) is 8.65. The topological polar surface area (TPSA) is 108 Å². The molecule has 0 spiro atoms. The molecule has 3 rings (SSSR count). The van der Waals surface area contributed by atoms with Gasteiger partial charge in [0, 0.05) is 18.1 Å². The molecule has 0 saturated heterocycles. The molecule has 1 aromatic heterocycles. The van der Waals surface area contributed by atoms with Crippen LogP contribution in [0.25, 0.3) is 11.5 Å². The van der Waals surface area contributed by atoms with E-state index in [1.165, 1.54) is 18.2 Å². The van der Waals surface area contributed by atoms with Crippen molar-refractivity contribution in [3.8, 4) is 11.5 Å². The van der Waals surface area contributed by atoms with E-state index in [9.17, 15) is 10.1 Å². The fourth-order valence-corrected chi connectivity index (χ4v) is 1.71. The van der Waals surface area contributed by atoms with Crippen LogP contribution in [0.3, 0.4) is 0 Å². The van der Waals surface area contributed by atoms with Crippen LogP contribution in [0, 0.1) is 10.1 Å². The summed E-state index contributed by atoms with van der Waals surface area (Å²) in [7, 11) is 0. The van der Waals surface area contributed by atoms with Crippen LogP contribution in [0.4, 0.5) is 11.4 Å². The van der Waals surface area contributed by atoms with E-state index in [-0.39, 0.29) is 11.4 Å². The maximum Gasteiger partial charge on any atom is 0.271 e. The normalized spacial score (nSPS) is 14.7. The zero-order chi connectivity index (χ0) is 12.7. The molecule has 1 aromatic carbocycles. The number of hydrogen-bond acceptors (Lipinski definition) is 6. The predicted octanol–water partition coefficient (Wildman–Crippen LogP) is 2.10. The zero-order valence-electron chi connectivity index (χ0n) is 9.37. The molecule has 7 nitrogen and oxygen atoms in total. The number of non-ortho nitro benzene ring substituents is 1. The minimum atomic E-state index is -0.496. The molecule has 92 valence electrons. The van der Waals surface area contributed by atoms with Crippen molar-refractivity contribution >= 4 is 11.4 Å². The van der Waals surface area contributed by atoms with Crippen LogP contribution < -0.4 is 5.73 Å². The number of nitrogens with two attached hydrogens (primary N) is 1. The van der Waals surface area contributed by atoms with E-state index >= 15 is 0 Å². The summed E-state index contributed by atoms with van der Waals surface area (Å²) in [6.07, 6.45) is 2.16. The minimum Gasteiger partial charge on any atom is -0.398 e. The Morgan fingerprint density at radius 3 is 2.83 bits per heavy atom. The summed E-state index contributed by atoms with van der Waals surface area (Å²) in [5.41, 5.74) is 6.49. The van der Waals surface area contributed by atoms with Gasteiger partial charge in [-0.25, -0.2) is 0 Å². The molecule has 2 N–H and O–H groups in total. The number of nitrogens with zero attached hydrogens (tertiary/aromatic N) is 3. The Labute approximate surface area is 102 Å². The second-order valence-electron chi connectivity index (χ2n) is 4.26. The number of nitro groups is 1. The van der Waals surface area contributed by atoms with E-state index in [0.29, 0.717) is 23.2 Å². The first-order valence-corrected chi connectivity index (χ1v) is 5.53. The fraction of sp³-hybridized carbons (Fsp3) is 0.273. The first kappa shape index (κ1) is 10.7. The minimum absolute atomic E-state index is 0.0572. The summed E-state index contributed by atoms with van der Waals surface area (Å²) in [5, 5.41) is 14.5. The summed E-state index contributed by atoms with van der Waals surface area (Å²) < 4.78 is 5.12. The SMILES string of the molecule is Nc1cc([N+](=O)[O-])ccc1-c1nc(C2CC2)no1. The second kappa shape index (κ2) is 3.80. The highest BCUT2D eigenvalue weighted by molar-refractivity contribution is 5.72. The van der Waals surface area contributed by atoms with E-state index in [1.54, 1.807) is 0 Å². The summed E-state index contributed by atoms with van der Waals surface area (Å²) in [6.45, 7) is 0. The van der Waals surface area contributed by atoms with Gasteiger partial charge in [-0.15, -0.1) is 0 Å². The van der Waals surface area contributed by atoms with Crippen LogP contribution in [0.1, 0.15) is 24.6 Å². The molecular formula is C11H10N4O3. The number of nitrogen functional groups attached to an aromatic ring is 1. The Hall–Kier alpha value is -2.44. The Morgan fingerprint density at radius 1 is 1.44 bits per heavy atom. The van der Waals surface area contributed by atoms with Crippen molar-refractivity contribution in [2.75, 3.05) is 5.73 Å². The Balaban J connectivity index is 1.97. The quantitative estimate of drug-likeness (QED) is 0.504. The lowest BCUT2D eigenvalue weighted by atomic mass is 10.1. The van der Waals surface area contributed by atoms with Gasteiger partial charge in [0.05, 0.1) is 16.2 Å². The molecule has 0 bridgehead atoms. The van der Waals surface area contributed by atoms with Crippen molar-refractivity contribution in [1.82, 2.24) is 10.1 Å². The number of aromatic nitrogens is 2. The first-order valence-electron chi connectivity index (χ1n) is 5.53. The lowest BCUT2D eigenvalue weighted by Crippen LogP contribution is -1.94. The molecule has 1 fully saturated rings. The van der Waals surface area contributed by atoms with Crippen LogP contribution in [0.5, 0.6) is 0 Å². The highest BCUT2D eigenvalue weighted by Gasteiger charge is 2.29. The van der Waals surface area contributed by atoms with E-state index in [2.05, 4.69) is 10.1 Å². The number of rotatable bonds is 3. The van der Waals surface area contributed by atoms with Crippen molar-refractivity contribution in [3.63, 3.8) is 0 Å². The molecule has 1 aliphatic carbocycles. The molecule has 0 amide bonds. The third-order valence-electron chi connectivity index (χ3n) is 2.86. The van der Waals surface area contributed by atoms with Gasteiger partial charge in [0.25, 0.3) is 11.6 Å². The van der Waals surface area contributed by atoms with Crippen LogP contribution in [-0.4, -0.2) is 15.1 Å². The van der Waals surface area contributed by atoms with Crippen LogP contribution >= 0.6 is 0 Å². The maximum atomic E-state index is 10.6. The second-order valence-corrected chi connectivity index (χ2v) is 4.26. The molecule has 0 aliphatic heterocycles. The van der Waals surface area contributed by atoms with E-state index in [0.717, 1.165) is 12.8 Å². The molecule has 0 atom stereocenters.